The van der Waals surface area contributed by atoms with Gasteiger partial charge in [0.2, 0.25) is 18.9 Å². The topological polar surface area (TPSA) is 343 Å². The van der Waals surface area contributed by atoms with Crippen LogP contribution in [-0.2, 0) is 119 Å². The van der Waals surface area contributed by atoms with Crippen molar-refractivity contribution in [3.05, 3.63) is 61.1 Å². The van der Waals surface area contributed by atoms with Crippen molar-refractivity contribution >= 4 is 59.7 Å². The highest BCUT2D eigenvalue weighted by molar-refractivity contribution is 6.05. The van der Waals surface area contributed by atoms with Gasteiger partial charge in [0, 0.05) is 32.3 Å². The van der Waals surface area contributed by atoms with Crippen LogP contribution in [0.15, 0.2) is 65.5 Å². The molecule has 19 aliphatic rings. The van der Waals surface area contributed by atoms with Gasteiger partial charge in [0.05, 0.1) is 146 Å². The molecular weight excluding hydrogens is 1130 g/mol. The summed E-state index contributed by atoms with van der Waals surface area (Å²) in [7, 11) is 3.15. The fourth-order valence-corrected chi connectivity index (χ4v) is 15.7. The number of ether oxygens (including phenoxy) is 15. The van der Waals surface area contributed by atoms with E-state index in [1.165, 1.54) is 0 Å². The number of hydrogen-bond donors (Lipinski definition) is 1. The third kappa shape index (κ3) is 10.3. The number of carbonyl (C=O) groups is 10. The molecular formula is C58H62O27. The lowest BCUT2D eigenvalue weighted by molar-refractivity contribution is -0.169. The quantitative estimate of drug-likeness (QED) is 0.185. The second-order valence-corrected chi connectivity index (χ2v) is 23.6. The van der Waals surface area contributed by atoms with Gasteiger partial charge in [-0.1, -0.05) is 24.3 Å². The van der Waals surface area contributed by atoms with Crippen LogP contribution < -0.4 is 0 Å². The summed E-state index contributed by atoms with van der Waals surface area (Å²) in [6, 6.07) is 3.67. The molecule has 19 aliphatic heterocycles. The fourth-order valence-electron chi connectivity index (χ4n) is 15.7. The van der Waals surface area contributed by atoms with Gasteiger partial charge in [-0.25, -0.2) is 9.59 Å². The smallest absolute Gasteiger partial charge is 0.338 e. The van der Waals surface area contributed by atoms with Gasteiger partial charge in [0.15, 0.2) is 0 Å². The van der Waals surface area contributed by atoms with E-state index in [9.17, 15) is 53.1 Å². The second-order valence-electron chi connectivity index (χ2n) is 23.6. The van der Waals surface area contributed by atoms with E-state index in [2.05, 4.69) is 18.6 Å². The van der Waals surface area contributed by atoms with Crippen molar-refractivity contribution in [1.29, 1.82) is 0 Å². The SMILES string of the molecule is CO[C@@H]1OC(=O)C2C3CCC(O3)C21.CO[C@H]1OC(=O)C2C3CCC(O3)C21.O=C1C=CC(=O)O1.O=C1OC(=O)C2C3C=CC(O3)C12.O=C1OC(=O)C2C3CCC(O3)C12.O=C1OC(O)C2C3CCC(O3)C12.O=C1OCC2C3C=CC(O3)C12.c1ccoc1. The van der Waals surface area contributed by atoms with Gasteiger partial charge in [0.1, 0.15) is 11.8 Å². The summed E-state index contributed by atoms with van der Waals surface area (Å²) >= 11 is 0. The Morgan fingerprint density at radius 1 is 0.388 bits per heavy atom. The van der Waals surface area contributed by atoms with Gasteiger partial charge >= 0.3 is 59.7 Å². The van der Waals surface area contributed by atoms with Crippen LogP contribution in [0.25, 0.3) is 0 Å². The molecule has 27 heteroatoms. The monoisotopic (exact) mass is 1190 g/mol. The molecule has 25 unspecified atom stereocenters. The van der Waals surface area contributed by atoms with Gasteiger partial charge in [-0.05, 0) is 63.5 Å². The van der Waals surface area contributed by atoms with Crippen LogP contribution in [0.1, 0.15) is 51.4 Å². The zero-order valence-corrected chi connectivity index (χ0v) is 45.8. The van der Waals surface area contributed by atoms with Crippen LogP contribution in [0.2, 0.25) is 0 Å². The van der Waals surface area contributed by atoms with Gasteiger partial charge in [-0.15, -0.1) is 0 Å². The van der Waals surface area contributed by atoms with Gasteiger partial charge in [-0.3, -0.25) is 38.4 Å². The minimum Gasteiger partial charge on any atom is -0.473 e. The molecule has 0 spiro atoms. The number of aliphatic hydroxyl groups is 1. The lowest BCUT2D eigenvalue weighted by Crippen LogP contribution is -2.31. The van der Waals surface area contributed by atoms with E-state index in [4.69, 9.17) is 56.8 Å². The molecule has 16 fully saturated rings. The van der Waals surface area contributed by atoms with Crippen LogP contribution in [0.3, 0.4) is 0 Å². The van der Waals surface area contributed by atoms with Crippen molar-refractivity contribution in [2.75, 3.05) is 20.8 Å². The van der Waals surface area contributed by atoms with E-state index >= 15 is 0 Å². The maximum atomic E-state index is 11.4. The summed E-state index contributed by atoms with van der Waals surface area (Å²) in [5.41, 5.74) is 0. The lowest BCUT2D eigenvalue weighted by Gasteiger charge is -2.20. The molecule has 0 radical (unpaired) electrons. The molecule has 16 saturated heterocycles. The summed E-state index contributed by atoms with van der Waals surface area (Å²) in [4.78, 5) is 109. The van der Waals surface area contributed by atoms with E-state index in [-0.39, 0.29) is 187 Å². The molecule has 0 saturated carbocycles. The molecule has 0 aromatic carbocycles. The number of cyclic esters (lactones) is 10. The molecule has 20 rings (SSSR count). The predicted molar refractivity (Wildman–Crippen MR) is 267 cm³/mol. The number of esters is 10. The first-order valence-electron chi connectivity index (χ1n) is 28.8. The molecule has 0 aliphatic carbocycles. The fraction of sp³-hybridized carbons (Fsp3) is 0.655. The lowest BCUT2D eigenvalue weighted by atomic mass is 9.81. The third-order valence-corrected chi connectivity index (χ3v) is 19.3. The number of fused-ring (bicyclic) bond motifs is 30. The van der Waals surface area contributed by atoms with Gasteiger partial charge < -0.3 is 80.6 Å². The molecule has 27 atom stereocenters. The van der Waals surface area contributed by atoms with Crippen molar-refractivity contribution < 1.29 is 129 Å². The normalized spacial score (nSPS) is 46.3. The molecule has 27 nitrogen and oxygen atoms in total. The molecule has 12 bridgehead atoms. The molecule has 1 aromatic heterocycles. The summed E-state index contributed by atoms with van der Waals surface area (Å²) < 4.78 is 80.9. The third-order valence-electron chi connectivity index (χ3n) is 19.3. The highest BCUT2D eigenvalue weighted by atomic mass is 16.7. The highest BCUT2D eigenvalue weighted by Gasteiger charge is 2.65. The second kappa shape index (κ2) is 23.3. The van der Waals surface area contributed by atoms with E-state index in [0.717, 1.165) is 63.5 Å². The maximum Gasteiger partial charge on any atom is 0.338 e. The van der Waals surface area contributed by atoms with Crippen molar-refractivity contribution in [3.8, 4) is 0 Å². The van der Waals surface area contributed by atoms with Gasteiger partial charge in [0.25, 0.3) is 0 Å². The molecule has 0 amide bonds. The van der Waals surface area contributed by atoms with Crippen molar-refractivity contribution in [2.24, 2.45) is 71.0 Å². The number of aliphatic hydroxyl groups excluding tert-OH is 1. The number of hydrogen-bond acceptors (Lipinski definition) is 27. The largest absolute Gasteiger partial charge is 0.473 e. The van der Waals surface area contributed by atoms with Crippen molar-refractivity contribution in [3.63, 3.8) is 0 Å². The number of methoxy groups -OCH3 is 2. The molecule has 85 heavy (non-hydrogen) atoms. The zero-order valence-electron chi connectivity index (χ0n) is 45.8. The average Bonchev–Trinajstić information content (AvgIpc) is 2.22. The Morgan fingerprint density at radius 3 is 1.18 bits per heavy atom. The van der Waals surface area contributed by atoms with Crippen LogP contribution in [0.4, 0.5) is 0 Å². The Morgan fingerprint density at radius 2 is 0.765 bits per heavy atom. The molecule has 456 valence electrons. The Labute approximate surface area is 483 Å². The maximum absolute atomic E-state index is 11.4. The average molecular weight is 1190 g/mol. The predicted octanol–water partition coefficient (Wildman–Crippen LogP) is 0.795. The highest BCUT2D eigenvalue weighted by Crippen LogP contribution is 2.53. The van der Waals surface area contributed by atoms with Crippen LogP contribution >= 0.6 is 0 Å². The first-order chi connectivity index (χ1) is 41.1. The molecule has 1 N–H and O–H groups in total. The number of carbonyl (C=O) groups excluding carboxylic acids is 10. The van der Waals surface area contributed by atoms with Crippen LogP contribution in [0.5, 0.6) is 0 Å². The van der Waals surface area contributed by atoms with E-state index in [1.807, 2.05) is 36.4 Å². The Balaban J connectivity index is 0.0000000915. The van der Waals surface area contributed by atoms with E-state index < -0.39 is 30.2 Å². The Bertz CT molecular complexity index is 2790. The summed E-state index contributed by atoms with van der Waals surface area (Å²) in [5.74, 6) is -4.46. The zero-order chi connectivity index (χ0) is 59.1. The summed E-state index contributed by atoms with van der Waals surface area (Å²) in [5, 5.41) is 9.37. The molecule has 20 heterocycles. The minimum absolute atomic E-state index is 0.00463. The number of rotatable bonds is 2. The molecule has 1 aromatic rings. The van der Waals surface area contributed by atoms with Crippen molar-refractivity contribution in [1.82, 2.24) is 0 Å². The van der Waals surface area contributed by atoms with Crippen LogP contribution in [-0.4, -0.2) is 178 Å². The van der Waals surface area contributed by atoms with Crippen molar-refractivity contribution in [2.45, 2.75) is 143 Å². The van der Waals surface area contributed by atoms with Gasteiger partial charge in [-0.2, -0.15) is 0 Å². The standard InChI is InChI=1S/2C9H12O4.C8H10O4.C8H8O4.C8H6O4.C8H8O3.C4H2O3.C4H4O/c2*1-11-9-7-5-3-2-4(12-5)6(7)8(10)13-9;3*9-7-5-3-1-2-4(11-3)6(5)8(10)12-7;9-8-7-4(3-10-8)5-1-2-6(7)11-5;5-3-1-2-4(6)7-3;1-2-4-5-3-1/h2*4-7,9H,2-3H2,1H3;3-7,9H,1-2H2;3-6H,1-2H2;1-6H;1-2,4-7H,3H2;1-2H;1-4H/t2*4?,5?,6?,7?,9-;;;;;;/m10....../s1. The summed E-state index contributed by atoms with van der Waals surface area (Å²) in [6.45, 7) is 0.551. The number of furan rings is 1. The van der Waals surface area contributed by atoms with E-state index in [0.29, 0.717) is 12.5 Å². The van der Waals surface area contributed by atoms with Crippen LogP contribution in [0, 0.1) is 71.0 Å². The minimum atomic E-state index is -0.919. The summed E-state index contributed by atoms with van der Waals surface area (Å²) in [6.07, 6.45) is 19.5. The Hall–Kier alpha value is -6.56. The Kier molecular flexibility index (Phi) is 15.7. The first kappa shape index (κ1) is 57.5. The van der Waals surface area contributed by atoms with E-state index in [1.54, 1.807) is 26.7 Å². The first-order valence-corrected chi connectivity index (χ1v) is 28.8.